The van der Waals surface area contributed by atoms with Gasteiger partial charge in [-0.2, -0.15) is 4.31 Å². The molecule has 1 unspecified atom stereocenters. The molecule has 7 heteroatoms. The minimum atomic E-state index is -3.49. The molecule has 1 saturated heterocycles. The van der Waals surface area contributed by atoms with Crippen LogP contribution in [-0.4, -0.2) is 31.1 Å². The van der Waals surface area contributed by atoms with Gasteiger partial charge in [0.25, 0.3) is 0 Å². The molecule has 2 rings (SSSR count). The zero-order chi connectivity index (χ0) is 14.0. The average Bonchev–Trinajstić information content (AvgIpc) is 2.38. The molecule has 0 radical (unpaired) electrons. The summed E-state index contributed by atoms with van der Waals surface area (Å²) in [5.41, 5.74) is 0. The molecule has 0 spiro atoms. The normalized spacial score (nSPS) is 21.5. The molecular formula is C12H14Br2ClNO2S. The fourth-order valence-electron chi connectivity index (χ4n) is 2.19. The van der Waals surface area contributed by atoms with Crippen molar-refractivity contribution in [3.63, 3.8) is 0 Å². The first-order chi connectivity index (χ1) is 8.95. The van der Waals surface area contributed by atoms with E-state index >= 15 is 0 Å². The topological polar surface area (TPSA) is 37.4 Å². The highest BCUT2D eigenvalue weighted by molar-refractivity contribution is 9.10. The first-order valence-corrected chi connectivity index (χ1v) is 9.69. The minimum Gasteiger partial charge on any atom is -0.207 e. The number of nitrogens with zero attached hydrogens (tertiary/aromatic N) is 1. The van der Waals surface area contributed by atoms with Crippen LogP contribution in [0.3, 0.4) is 0 Å². The van der Waals surface area contributed by atoms with Gasteiger partial charge in [0.05, 0.1) is 5.02 Å². The quantitative estimate of drug-likeness (QED) is 0.681. The molecule has 106 valence electrons. The summed E-state index contributed by atoms with van der Waals surface area (Å²) in [7, 11) is -3.49. The second-order valence-corrected chi connectivity index (χ2v) is 8.48. The minimum absolute atomic E-state index is 0.188. The van der Waals surface area contributed by atoms with Crippen molar-refractivity contribution in [2.45, 2.75) is 17.7 Å². The van der Waals surface area contributed by atoms with Crippen molar-refractivity contribution < 1.29 is 8.42 Å². The van der Waals surface area contributed by atoms with E-state index < -0.39 is 10.0 Å². The predicted octanol–water partition coefficient (Wildman–Crippen LogP) is 3.90. The highest BCUT2D eigenvalue weighted by Crippen LogP contribution is 2.30. The van der Waals surface area contributed by atoms with E-state index in [0.29, 0.717) is 19.0 Å². The van der Waals surface area contributed by atoms with Gasteiger partial charge in [-0.25, -0.2) is 8.42 Å². The number of halogens is 3. The van der Waals surface area contributed by atoms with E-state index in [9.17, 15) is 8.42 Å². The van der Waals surface area contributed by atoms with E-state index in [4.69, 9.17) is 11.6 Å². The standard InChI is InChI=1S/C12H14Br2ClNO2S/c13-7-9-2-1-5-16(8-9)19(17,18)12-4-3-10(14)6-11(12)15/h3-4,6,9H,1-2,5,7-8H2. The van der Waals surface area contributed by atoms with Crippen LogP contribution in [0.25, 0.3) is 0 Å². The smallest absolute Gasteiger partial charge is 0.207 e. The van der Waals surface area contributed by atoms with Crippen LogP contribution < -0.4 is 0 Å². The maximum absolute atomic E-state index is 12.6. The Kier molecular flexibility index (Phi) is 5.34. The Morgan fingerprint density at radius 3 is 2.79 bits per heavy atom. The molecule has 0 amide bonds. The maximum Gasteiger partial charge on any atom is 0.244 e. The highest BCUT2D eigenvalue weighted by Gasteiger charge is 2.31. The van der Waals surface area contributed by atoms with Gasteiger partial charge in [-0.15, -0.1) is 0 Å². The number of rotatable bonds is 3. The zero-order valence-electron chi connectivity index (χ0n) is 10.2. The molecule has 0 aromatic heterocycles. The van der Waals surface area contributed by atoms with Crippen molar-refractivity contribution in [3.8, 4) is 0 Å². The Hall–Kier alpha value is 0.380. The molecule has 19 heavy (non-hydrogen) atoms. The molecule has 1 fully saturated rings. The van der Waals surface area contributed by atoms with Gasteiger partial charge < -0.3 is 0 Å². The molecule has 3 nitrogen and oxygen atoms in total. The number of hydrogen-bond donors (Lipinski definition) is 0. The number of sulfonamides is 1. The van der Waals surface area contributed by atoms with Gasteiger partial charge in [0.1, 0.15) is 4.90 Å². The van der Waals surface area contributed by atoms with Gasteiger partial charge in [-0.1, -0.05) is 43.5 Å². The molecule has 0 aliphatic carbocycles. The summed E-state index contributed by atoms with van der Waals surface area (Å²) in [5.74, 6) is 0.373. The molecular weight excluding hydrogens is 417 g/mol. The Labute approximate surface area is 135 Å². The predicted molar refractivity (Wildman–Crippen MR) is 84.4 cm³/mol. The van der Waals surface area contributed by atoms with Crippen LogP contribution in [0.2, 0.25) is 5.02 Å². The molecule has 1 aromatic rings. The Morgan fingerprint density at radius 1 is 1.42 bits per heavy atom. The van der Waals surface area contributed by atoms with E-state index in [-0.39, 0.29) is 9.92 Å². The SMILES string of the molecule is O=S(=O)(c1ccc(Br)cc1Cl)N1CCCC(CBr)C1. The van der Waals surface area contributed by atoms with E-state index in [0.717, 1.165) is 22.6 Å². The summed E-state index contributed by atoms with van der Waals surface area (Å²) < 4.78 is 27.5. The summed E-state index contributed by atoms with van der Waals surface area (Å²) in [6.45, 7) is 1.12. The third-order valence-electron chi connectivity index (χ3n) is 3.21. The zero-order valence-corrected chi connectivity index (χ0v) is 14.9. The van der Waals surface area contributed by atoms with Gasteiger partial charge in [-0.3, -0.25) is 0 Å². The molecule has 0 saturated carbocycles. The first-order valence-electron chi connectivity index (χ1n) is 5.96. The molecule has 1 aliphatic rings. The second-order valence-electron chi connectivity index (χ2n) is 4.60. The Morgan fingerprint density at radius 2 is 2.16 bits per heavy atom. The summed E-state index contributed by atoms with van der Waals surface area (Å²) in [6, 6.07) is 4.87. The van der Waals surface area contributed by atoms with Gasteiger partial charge in [0.2, 0.25) is 10.0 Å². The molecule has 1 aromatic carbocycles. The van der Waals surface area contributed by atoms with Crippen LogP contribution >= 0.6 is 43.5 Å². The number of piperidine rings is 1. The Balaban J connectivity index is 2.31. The lowest BCUT2D eigenvalue weighted by atomic mass is 10.0. The molecule has 1 aliphatic heterocycles. The first kappa shape index (κ1) is 15.8. The third-order valence-corrected chi connectivity index (χ3v) is 6.97. The number of alkyl halides is 1. The highest BCUT2D eigenvalue weighted by atomic mass is 79.9. The van der Waals surface area contributed by atoms with Crippen LogP contribution in [0.4, 0.5) is 0 Å². The van der Waals surface area contributed by atoms with Crippen LogP contribution in [0.15, 0.2) is 27.6 Å². The van der Waals surface area contributed by atoms with Crippen molar-refractivity contribution in [2.75, 3.05) is 18.4 Å². The van der Waals surface area contributed by atoms with Crippen LogP contribution in [-0.2, 0) is 10.0 Å². The monoisotopic (exact) mass is 429 g/mol. The summed E-state index contributed by atoms with van der Waals surface area (Å²) in [5, 5.41) is 1.09. The maximum atomic E-state index is 12.6. The number of hydrogen-bond acceptors (Lipinski definition) is 2. The largest absolute Gasteiger partial charge is 0.244 e. The molecule has 1 heterocycles. The molecule has 0 bridgehead atoms. The molecule has 0 N–H and O–H groups in total. The van der Waals surface area contributed by atoms with E-state index in [1.54, 1.807) is 18.2 Å². The van der Waals surface area contributed by atoms with Crippen LogP contribution in [0.5, 0.6) is 0 Å². The van der Waals surface area contributed by atoms with Gasteiger partial charge in [0, 0.05) is 22.9 Å². The van der Waals surface area contributed by atoms with E-state index in [1.807, 2.05) is 0 Å². The third kappa shape index (κ3) is 3.53. The van der Waals surface area contributed by atoms with Crippen LogP contribution in [0.1, 0.15) is 12.8 Å². The van der Waals surface area contributed by atoms with Crippen LogP contribution in [0, 0.1) is 5.92 Å². The summed E-state index contributed by atoms with van der Waals surface area (Å²) >= 11 is 12.8. The fraction of sp³-hybridized carbons (Fsp3) is 0.500. The summed E-state index contributed by atoms with van der Waals surface area (Å²) in [4.78, 5) is 0.188. The van der Waals surface area contributed by atoms with Crippen molar-refractivity contribution in [3.05, 3.63) is 27.7 Å². The van der Waals surface area contributed by atoms with Gasteiger partial charge in [-0.05, 0) is 37.0 Å². The van der Waals surface area contributed by atoms with Crippen molar-refractivity contribution in [1.29, 1.82) is 0 Å². The summed E-state index contributed by atoms with van der Waals surface area (Å²) in [6.07, 6.45) is 1.95. The van der Waals surface area contributed by atoms with Crippen molar-refractivity contribution >= 4 is 53.5 Å². The second kappa shape index (κ2) is 6.43. The lowest BCUT2D eigenvalue weighted by Gasteiger charge is -2.31. The lowest BCUT2D eigenvalue weighted by Crippen LogP contribution is -2.40. The molecule has 1 atom stereocenters. The van der Waals surface area contributed by atoms with E-state index in [2.05, 4.69) is 31.9 Å². The van der Waals surface area contributed by atoms with Gasteiger partial charge in [0.15, 0.2) is 0 Å². The van der Waals surface area contributed by atoms with Crippen molar-refractivity contribution in [2.24, 2.45) is 5.92 Å². The fourth-order valence-corrected chi connectivity index (χ4v) is 5.29. The lowest BCUT2D eigenvalue weighted by molar-refractivity contribution is 0.285. The Bertz CT molecular complexity index is 565. The average molecular weight is 432 g/mol. The van der Waals surface area contributed by atoms with Crippen molar-refractivity contribution in [1.82, 2.24) is 4.31 Å². The van der Waals surface area contributed by atoms with Gasteiger partial charge >= 0.3 is 0 Å². The number of benzene rings is 1. The van der Waals surface area contributed by atoms with E-state index in [1.165, 1.54) is 4.31 Å².